The number of aryl methyl sites for hydroxylation is 1. The summed E-state index contributed by atoms with van der Waals surface area (Å²) in [6.07, 6.45) is 2.04. The molecule has 8 nitrogen and oxygen atoms in total. The van der Waals surface area contributed by atoms with Crippen LogP contribution in [-0.2, 0) is 21.2 Å². The van der Waals surface area contributed by atoms with E-state index in [2.05, 4.69) is 10.2 Å². The van der Waals surface area contributed by atoms with Gasteiger partial charge in [-0.2, -0.15) is 5.10 Å². The van der Waals surface area contributed by atoms with Gasteiger partial charge in [-0.25, -0.2) is 13.6 Å². The van der Waals surface area contributed by atoms with Crippen molar-refractivity contribution in [2.24, 2.45) is 5.14 Å². The van der Waals surface area contributed by atoms with E-state index in [0.717, 1.165) is 12.8 Å². The van der Waals surface area contributed by atoms with Crippen LogP contribution < -0.4 is 5.14 Å². The van der Waals surface area contributed by atoms with Gasteiger partial charge in [0.15, 0.2) is 5.69 Å². The molecule has 1 aromatic heterocycles. The average molecular weight is 316 g/mol. The summed E-state index contributed by atoms with van der Waals surface area (Å²) in [6, 6.07) is 0. The highest BCUT2D eigenvalue weighted by Gasteiger charge is 2.32. The molecule has 1 amide bonds. The minimum atomic E-state index is -4.01. The molecule has 1 atom stereocenters. The second-order valence-electron chi connectivity index (χ2n) is 5.03. The normalized spacial score (nSPS) is 19.8. The topological polar surface area (TPSA) is 118 Å². The van der Waals surface area contributed by atoms with Gasteiger partial charge in [0.05, 0.1) is 11.8 Å². The van der Waals surface area contributed by atoms with E-state index in [1.807, 2.05) is 0 Å². The molecule has 0 spiro atoms. The van der Waals surface area contributed by atoms with Crippen molar-refractivity contribution < 1.29 is 17.9 Å². The summed E-state index contributed by atoms with van der Waals surface area (Å²) in [7, 11) is -2.41. The van der Waals surface area contributed by atoms with Crippen molar-refractivity contribution in [3.63, 3.8) is 0 Å². The van der Waals surface area contributed by atoms with Crippen LogP contribution in [-0.4, -0.2) is 55.7 Å². The number of likely N-dealkylation sites (tertiary alicyclic amines) is 1. The summed E-state index contributed by atoms with van der Waals surface area (Å²) >= 11 is 0. The molecule has 1 saturated heterocycles. The number of carbonyl (C=O) groups is 1. The smallest absolute Gasteiger partial charge is 0.275 e. The van der Waals surface area contributed by atoms with Gasteiger partial charge in [-0.3, -0.25) is 9.89 Å². The van der Waals surface area contributed by atoms with Crippen LogP contribution in [0.2, 0.25) is 0 Å². The molecule has 9 heteroatoms. The first kappa shape index (κ1) is 15.9. The van der Waals surface area contributed by atoms with Crippen LogP contribution >= 0.6 is 0 Å². The van der Waals surface area contributed by atoms with Gasteiger partial charge < -0.3 is 9.64 Å². The van der Waals surface area contributed by atoms with Gasteiger partial charge in [0.2, 0.25) is 10.0 Å². The number of piperidine rings is 1. The molecular weight excluding hydrogens is 296 g/mol. The molecule has 118 valence electrons. The molecule has 1 fully saturated rings. The minimum absolute atomic E-state index is 0.0368. The zero-order valence-corrected chi connectivity index (χ0v) is 12.9. The first-order valence-electron chi connectivity index (χ1n) is 6.80. The molecule has 1 aliphatic rings. The number of carbonyl (C=O) groups excluding carboxylic acids is 1. The fraction of sp³-hybridized carbons (Fsp3) is 0.667. The van der Waals surface area contributed by atoms with E-state index in [1.54, 1.807) is 18.9 Å². The van der Waals surface area contributed by atoms with Crippen LogP contribution in [0.5, 0.6) is 0 Å². The second kappa shape index (κ2) is 6.12. The standard InChI is InChI=1S/C12H20N4O4S/c1-3-9-11(21(13,18)19)10(15-14-9)12(17)16-6-4-5-8(7-16)20-2/h8H,3-7H2,1-2H3,(H,14,15)(H2,13,18,19). The minimum Gasteiger partial charge on any atom is -0.380 e. The lowest BCUT2D eigenvalue weighted by atomic mass is 10.1. The SMILES string of the molecule is CCc1[nH]nc(C(=O)N2CCCC(OC)C2)c1S(N)(=O)=O. The van der Waals surface area contributed by atoms with Crippen molar-refractivity contribution in [3.05, 3.63) is 11.4 Å². The van der Waals surface area contributed by atoms with Gasteiger partial charge in [0.25, 0.3) is 5.91 Å². The van der Waals surface area contributed by atoms with Crippen molar-refractivity contribution in [2.75, 3.05) is 20.2 Å². The number of primary sulfonamides is 1. The number of sulfonamides is 1. The van der Waals surface area contributed by atoms with Gasteiger partial charge in [-0.05, 0) is 19.3 Å². The molecule has 0 bridgehead atoms. The quantitative estimate of drug-likeness (QED) is 0.802. The molecule has 1 aliphatic heterocycles. The highest BCUT2D eigenvalue weighted by Crippen LogP contribution is 2.21. The maximum atomic E-state index is 12.5. The fourth-order valence-electron chi connectivity index (χ4n) is 2.52. The molecule has 0 aromatic carbocycles. The monoisotopic (exact) mass is 316 g/mol. The van der Waals surface area contributed by atoms with Crippen molar-refractivity contribution in [2.45, 2.75) is 37.2 Å². The molecule has 0 saturated carbocycles. The number of aromatic amines is 1. The van der Waals surface area contributed by atoms with Crippen molar-refractivity contribution >= 4 is 15.9 Å². The van der Waals surface area contributed by atoms with Crippen LogP contribution in [0.3, 0.4) is 0 Å². The van der Waals surface area contributed by atoms with Gasteiger partial charge in [0, 0.05) is 20.2 Å². The van der Waals surface area contributed by atoms with E-state index in [-0.39, 0.29) is 16.7 Å². The maximum Gasteiger partial charge on any atom is 0.275 e. The summed E-state index contributed by atoms with van der Waals surface area (Å²) in [4.78, 5) is 13.9. The third kappa shape index (κ3) is 3.25. The number of nitrogens with zero attached hydrogens (tertiary/aromatic N) is 2. The molecule has 3 N–H and O–H groups in total. The van der Waals surface area contributed by atoms with Crippen molar-refractivity contribution in [1.82, 2.24) is 15.1 Å². The zero-order chi connectivity index (χ0) is 15.6. The second-order valence-corrected chi connectivity index (χ2v) is 6.53. The Labute approximate surface area is 123 Å². The van der Waals surface area contributed by atoms with Crippen LogP contribution in [0.1, 0.15) is 35.9 Å². The number of aromatic nitrogens is 2. The Morgan fingerprint density at radius 2 is 2.29 bits per heavy atom. The molecule has 2 rings (SSSR count). The predicted molar refractivity (Wildman–Crippen MR) is 75.3 cm³/mol. The van der Waals surface area contributed by atoms with Crippen molar-refractivity contribution in [3.8, 4) is 0 Å². The molecule has 0 aliphatic carbocycles. The van der Waals surface area contributed by atoms with E-state index in [9.17, 15) is 13.2 Å². The highest BCUT2D eigenvalue weighted by atomic mass is 32.2. The zero-order valence-electron chi connectivity index (χ0n) is 12.1. The number of amides is 1. The first-order chi connectivity index (χ1) is 9.88. The van der Waals surface area contributed by atoms with E-state index < -0.39 is 15.9 Å². The number of methoxy groups -OCH3 is 1. The van der Waals surface area contributed by atoms with Gasteiger partial charge in [0.1, 0.15) is 4.90 Å². The van der Waals surface area contributed by atoms with E-state index in [1.165, 1.54) is 0 Å². The number of nitrogens with two attached hydrogens (primary N) is 1. The Balaban J connectivity index is 2.34. The molecule has 21 heavy (non-hydrogen) atoms. The number of H-pyrrole nitrogens is 1. The molecule has 1 unspecified atom stereocenters. The number of nitrogens with one attached hydrogen (secondary N) is 1. The van der Waals surface area contributed by atoms with Crippen LogP contribution in [0.15, 0.2) is 4.90 Å². The third-order valence-electron chi connectivity index (χ3n) is 3.63. The van der Waals surface area contributed by atoms with Crippen LogP contribution in [0.25, 0.3) is 0 Å². The van der Waals surface area contributed by atoms with Gasteiger partial charge in [-0.15, -0.1) is 0 Å². The van der Waals surface area contributed by atoms with Gasteiger partial charge >= 0.3 is 0 Å². The van der Waals surface area contributed by atoms with E-state index in [4.69, 9.17) is 9.88 Å². The Hall–Kier alpha value is -1.45. The molecule has 0 radical (unpaired) electrons. The van der Waals surface area contributed by atoms with E-state index in [0.29, 0.717) is 25.2 Å². The fourth-order valence-corrected chi connectivity index (χ4v) is 3.46. The first-order valence-corrected chi connectivity index (χ1v) is 8.35. The number of hydrogen-bond donors (Lipinski definition) is 2. The lowest BCUT2D eigenvalue weighted by Gasteiger charge is -2.31. The Morgan fingerprint density at radius 3 is 2.86 bits per heavy atom. The van der Waals surface area contributed by atoms with Gasteiger partial charge in [-0.1, -0.05) is 6.92 Å². The maximum absolute atomic E-state index is 12.5. The average Bonchev–Trinajstić information content (AvgIpc) is 2.90. The number of rotatable bonds is 4. The number of hydrogen-bond acceptors (Lipinski definition) is 5. The summed E-state index contributed by atoms with van der Waals surface area (Å²) < 4.78 is 28.7. The van der Waals surface area contributed by atoms with Crippen molar-refractivity contribution in [1.29, 1.82) is 0 Å². The lowest BCUT2D eigenvalue weighted by Crippen LogP contribution is -2.43. The molecule has 1 aromatic rings. The largest absolute Gasteiger partial charge is 0.380 e. The van der Waals surface area contributed by atoms with E-state index >= 15 is 0 Å². The summed E-state index contributed by atoms with van der Waals surface area (Å²) in [5.41, 5.74) is 0.215. The summed E-state index contributed by atoms with van der Waals surface area (Å²) in [6.45, 7) is 2.74. The molecule has 2 heterocycles. The van der Waals surface area contributed by atoms with Crippen LogP contribution in [0.4, 0.5) is 0 Å². The molecular formula is C12H20N4O4S. The Kier molecular flexibility index (Phi) is 4.64. The lowest BCUT2D eigenvalue weighted by molar-refractivity contribution is 0.0263. The third-order valence-corrected chi connectivity index (χ3v) is 4.64. The predicted octanol–water partition coefficient (Wildman–Crippen LogP) is -0.129. The Bertz CT molecular complexity index is 625. The Morgan fingerprint density at radius 1 is 1.57 bits per heavy atom. The number of ether oxygens (including phenoxy) is 1. The summed E-state index contributed by atoms with van der Waals surface area (Å²) in [5, 5.41) is 11.7. The summed E-state index contributed by atoms with van der Waals surface area (Å²) in [5.74, 6) is -0.434. The van der Waals surface area contributed by atoms with Crippen LogP contribution in [0, 0.1) is 0 Å². The highest BCUT2D eigenvalue weighted by molar-refractivity contribution is 7.89.